The first-order chi connectivity index (χ1) is 12.6. The summed E-state index contributed by atoms with van der Waals surface area (Å²) in [6.45, 7) is 2.79. The Labute approximate surface area is 152 Å². The van der Waals surface area contributed by atoms with Crippen molar-refractivity contribution in [1.29, 1.82) is 0 Å². The lowest BCUT2D eigenvalue weighted by atomic mass is 9.89. The van der Waals surface area contributed by atoms with Gasteiger partial charge in [-0.2, -0.15) is 0 Å². The number of carboxylic acid groups (broad SMARTS) is 1. The highest BCUT2D eigenvalue weighted by atomic mass is 16.5. The summed E-state index contributed by atoms with van der Waals surface area (Å²) in [5, 5.41) is 12.0. The fourth-order valence-corrected chi connectivity index (χ4v) is 3.29. The van der Waals surface area contributed by atoms with E-state index in [4.69, 9.17) is 9.84 Å². The Morgan fingerprint density at radius 2 is 2.00 bits per heavy atom. The normalized spacial score (nSPS) is 19.7. The lowest BCUT2D eigenvalue weighted by Gasteiger charge is -2.32. The first kappa shape index (κ1) is 18.1. The first-order valence-electron chi connectivity index (χ1n) is 8.72. The lowest BCUT2D eigenvalue weighted by molar-refractivity contribution is -0.0272. The van der Waals surface area contributed by atoms with Crippen LogP contribution in [0.5, 0.6) is 0 Å². The Kier molecular flexibility index (Phi) is 5.63. The predicted octanol–water partition coefficient (Wildman–Crippen LogP) is 2.99. The largest absolute Gasteiger partial charge is 0.478 e. The first-order valence-corrected chi connectivity index (χ1v) is 8.72. The summed E-state index contributed by atoms with van der Waals surface area (Å²) in [4.78, 5) is 27.6. The molecule has 2 N–H and O–H groups in total. The third kappa shape index (κ3) is 4.08. The quantitative estimate of drug-likeness (QED) is 0.862. The van der Waals surface area contributed by atoms with E-state index in [0.717, 1.165) is 25.0 Å². The average molecular weight is 354 g/mol. The van der Waals surface area contributed by atoms with Gasteiger partial charge in [-0.1, -0.05) is 30.3 Å². The van der Waals surface area contributed by atoms with Crippen molar-refractivity contribution < 1.29 is 19.4 Å². The van der Waals surface area contributed by atoms with Crippen LogP contribution in [0.2, 0.25) is 0 Å². The number of carbonyl (C=O) groups is 2. The maximum atomic E-state index is 12.4. The van der Waals surface area contributed by atoms with E-state index in [1.165, 1.54) is 12.1 Å². The van der Waals surface area contributed by atoms with Crippen LogP contribution in [0.1, 0.15) is 51.0 Å². The number of hydrogen-bond acceptors (Lipinski definition) is 4. The molecule has 0 saturated carbocycles. The maximum Gasteiger partial charge on any atom is 0.337 e. The van der Waals surface area contributed by atoms with Crippen molar-refractivity contribution in [1.82, 2.24) is 10.3 Å². The molecule has 2 heterocycles. The number of carbonyl (C=O) groups excluding carboxylic acids is 1. The molecule has 0 aliphatic carbocycles. The van der Waals surface area contributed by atoms with Crippen LogP contribution in [0.25, 0.3) is 0 Å². The van der Waals surface area contributed by atoms with Gasteiger partial charge in [0.05, 0.1) is 17.4 Å². The average Bonchev–Trinajstić information content (AvgIpc) is 2.66. The van der Waals surface area contributed by atoms with Crippen LogP contribution in [0, 0.1) is 12.8 Å². The summed E-state index contributed by atoms with van der Waals surface area (Å²) in [6.07, 6.45) is 1.91. The van der Waals surface area contributed by atoms with Crippen molar-refractivity contribution in [2.24, 2.45) is 5.92 Å². The van der Waals surface area contributed by atoms with Gasteiger partial charge in [0.25, 0.3) is 5.91 Å². The zero-order valence-corrected chi connectivity index (χ0v) is 14.6. The van der Waals surface area contributed by atoms with Crippen LogP contribution in [-0.4, -0.2) is 35.1 Å². The molecule has 2 unspecified atom stereocenters. The smallest absolute Gasteiger partial charge is 0.337 e. The number of rotatable bonds is 5. The van der Waals surface area contributed by atoms with E-state index in [9.17, 15) is 9.59 Å². The Morgan fingerprint density at radius 1 is 1.23 bits per heavy atom. The highest BCUT2D eigenvalue weighted by Gasteiger charge is 2.28. The molecule has 136 valence electrons. The minimum Gasteiger partial charge on any atom is -0.478 e. The van der Waals surface area contributed by atoms with Crippen molar-refractivity contribution in [2.45, 2.75) is 25.9 Å². The van der Waals surface area contributed by atoms with Crippen LogP contribution >= 0.6 is 0 Å². The van der Waals surface area contributed by atoms with Gasteiger partial charge in [0, 0.05) is 19.1 Å². The van der Waals surface area contributed by atoms with Gasteiger partial charge in [0.2, 0.25) is 0 Å². The zero-order valence-electron chi connectivity index (χ0n) is 14.6. The molecule has 1 aliphatic heterocycles. The molecule has 1 saturated heterocycles. The molecular formula is C20H22N2O4. The Hall–Kier alpha value is -2.73. The molecule has 1 aliphatic rings. The highest BCUT2D eigenvalue weighted by molar-refractivity contribution is 5.94. The van der Waals surface area contributed by atoms with Gasteiger partial charge in [-0.05, 0) is 37.5 Å². The van der Waals surface area contributed by atoms with Crippen molar-refractivity contribution in [2.75, 3.05) is 13.2 Å². The van der Waals surface area contributed by atoms with E-state index in [-0.39, 0.29) is 29.2 Å². The standard InChI is InChI=1S/C20H22N2O4/c1-13-16(20(24)25)9-10-17(22-13)19(23)21-12-15-8-5-11-26-18(15)14-6-3-2-4-7-14/h2-4,6-7,9-10,15,18H,5,8,11-12H2,1H3,(H,21,23)(H,24,25). The fraction of sp³-hybridized carbons (Fsp3) is 0.350. The van der Waals surface area contributed by atoms with Gasteiger partial charge in [-0.25, -0.2) is 9.78 Å². The summed E-state index contributed by atoms with van der Waals surface area (Å²) in [5.74, 6) is -1.16. The van der Waals surface area contributed by atoms with E-state index in [2.05, 4.69) is 10.3 Å². The molecular weight excluding hydrogens is 332 g/mol. The number of nitrogens with one attached hydrogen (secondary N) is 1. The minimum absolute atomic E-state index is 0.0330. The summed E-state index contributed by atoms with van der Waals surface area (Å²) in [7, 11) is 0. The number of aryl methyl sites for hydroxylation is 1. The second-order valence-corrected chi connectivity index (χ2v) is 6.45. The Bertz CT molecular complexity index is 792. The highest BCUT2D eigenvalue weighted by Crippen LogP contribution is 2.33. The summed E-state index contributed by atoms with van der Waals surface area (Å²) in [6, 6.07) is 12.9. The van der Waals surface area contributed by atoms with Crippen LogP contribution < -0.4 is 5.32 Å². The molecule has 1 aromatic heterocycles. The number of carboxylic acids is 1. The number of pyridine rings is 1. The SMILES string of the molecule is Cc1nc(C(=O)NCC2CCCOC2c2ccccc2)ccc1C(=O)O. The maximum absolute atomic E-state index is 12.4. The van der Waals surface area contributed by atoms with E-state index in [1.54, 1.807) is 6.92 Å². The van der Waals surface area contributed by atoms with Gasteiger partial charge in [0.1, 0.15) is 5.69 Å². The third-order valence-electron chi connectivity index (χ3n) is 4.65. The molecule has 3 rings (SSSR count). The van der Waals surface area contributed by atoms with Crippen LogP contribution in [-0.2, 0) is 4.74 Å². The number of amides is 1. The van der Waals surface area contributed by atoms with Crippen molar-refractivity contribution in [3.8, 4) is 0 Å². The Balaban J connectivity index is 1.66. The lowest BCUT2D eigenvalue weighted by Crippen LogP contribution is -2.35. The molecule has 1 amide bonds. The van der Waals surface area contributed by atoms with Crippen LogP contribution in [0.15, 0.2) is 42.5 Å². The molecule has 2 aromatic rings. The summed E-state index contributed by atoms with van der Waals surface area (Å²) < 4.78 is 5.94. The number of benzene rings is 1. The van der Waals surface area contributed by atoms with E-state index in [0.29, 0.717) is 12.2 Å². The minimum atomic E-state index is -1.05. The van der Waals surface area contributed by atoms with Gasteiger partial charge in [0.15, 0.2) is 0 Å². The van der Waals surface area contributed by atoms with Crippen LogP contribution in [0.4, 0.5) is 0 Å². The van der Waals surface area contributed by atoms with E-state index in [1.807, 2.05) is 30.3 Å². The molecule has 2 atom stereocenters. The number of nitrogens with zero attached hydrogens (tertiary/aromatic N) is 1. The predicted molar refractivity (Wildman–Crippen MR) is 96.1 cm³/mol. The second-order valence-electron chi connectivity index (χ2n) is 6.45. The topological polar surface area (TPSA) is 88.5 Å². The number of aromatic nitrogens is 1. The zero-order chi connectivity index (χ0) is 18.5. The molecule has 0 bridgehead atoms. The van der Waals surface area contributed by atoms with Gasteiger partial charge in [-0.15, -0.1) is 0 Å². The molecule has 6 heteroatoms. The molecule has 26 heavy (non-hydrogen) atoms. The molecule has 1 fully saturated rings. The number of aromatic carboxylic acids is 1. The van der Waals surface area contributed by atoms with Crippen molar-refractivity contribution in [3.63, 3.8) is 0 Å². The molecule has 1 aromatic carbocycles. The molecule has 0 spiro atoms. The van der Waals surface area contributed by atoms with E-state index >= 15 is 0 Å². The second kappa shape index (κ2) is 8.10. The van der Waals surface area contributed by atoms with Crippen molar-refractivity contribution >= 4 is 11.9 Å². The number of hydrogen-bond donors (Lipinski definition) is 2. The monoisotopic (exact) mass is 354 g/mol. The fourth-order valence-electron chi connectivity index (χ4n) is 3.29. The van der Waals surface area contributed by atoms with Gasteiger partial charge in [-0.3, -0.25) is 4.79 Å². The van der Waals surface area contributed by atoms with Crippen molar-refractivity contribution in [3.05, 3.63) is 65.0 Å². The Morgan fingerprint density at radius 3 is 2.69 bits per heavy atom. The molecule has 0 radical (unpaired) electrons. The van der Waals surface area contributed by atoms with Gasteiger partial charge >= 0.3 is 5.97 Å². The number of ether oxygens (including phenoxy) is 1. The molecule has 6 nitrogen and oxygen atoms in total. The van der Waals surface area contributed by atoms with Crippen LogP contribution in [0.3, 0.4) is 0 Å². The summed E-state index contributed by atoms with van der Waals surface area (Å²) in [5.41, 5.74) is 1.77. The van der Waals surface area contributed by atoms with Gasteiger partial charge < -0.3 is 15.2 Å². The van der Waals surface area contributed by atoms with E-state index < -0.39 is 5.97 Å². The summed E-state index contributed by atoms with van der Waals surface area (Å²) >= 11 is 0. The third-order valence-corrected chi connectivity index (χ3v) is 4.65.